The molecule has 4 saturated carbocycles. The highest BCUT2D eigenvalue weighted by Crippen LogP contribution is 2.67. The zero-order valence-corrected chi connectivity index (χ0v) is 18.2. The van der Waals surface area contributed by atoms with E-state index in [0.717, 1.165) is 36.7 Å². The van der Waals surface area contributed by atoms with E-state index in [0.29, 0.717) is 29.5 Å². The first-order valence-corrected chi connectivity index (χ1v) is 12.4. The van der Waals surface area contributed by atoms with Gasteiger partial charge in [-0.15, -0.1) is 0 Å². The maximum Gasteiger partial charge on any atom is 0.157 e. The number of aliphatic hydroxyl groups excluding tert-OH is 1. The third-order valence-electron chi connectivity index (χ3n) is 10.5. The average Bonchev–Trinajstić information content (AvgIpc) is 3.05. The minimum Gasteiger partial charge on any atom is -0.396 e. The quantitative estimate of drug-likeness (QED) is 0.642. The van der Waals surface area contributed by atoms with Gasteiger partial charge < -0.3 is 14.6 Å². The van der Waals surface area contributed by atoms with Crippen molar-refractivity contribution in [1.82, 2.24) is 0 Å². The van der Waals surface area contributed by atoms with E-state index in [1.54, 1.807) is 0 Å². The maximum absolute atomic E-state index is 9.94. The van der Waals surface area contributed by atoms with Crippen molar-refractivity contribution in [2.75, 3.05) is 13.2 Å². The Morgan fingerprint density at radius 2 is 1.71 bits per heavy atom. The fourth-order valence-corrected chi connectivity index (χ4v) is 8.78. The van der Waals surface area contributed by atoms with E-state index in [-0.39, 0.29) is 6.29 Å². The highest BCUT2D eigenvalue weighted by molar-refractivity contribution is 5.09. The summed E-state index contributed by atoms with van der Waals surface area (Å²) in [5.41, 5.74) is 0.937. The molecule has 3 heteroatoms. The third kappa shape index (κ3) is 3.10. The van der Waals surface area contributed by atoms with Crippen molar-refractivity contribution >= 4 is 0 Å². The van der Waals surface area contributed by atoms with Crippen LogP contribution in [0.2, 0.25) is 0 Å². The molecule has 0 unspecified atom stereocenters. The molecule has 28 heavy (non-hydrogen) atoms. The predicted octanol–water partition coefficient (Wildman–Crippen LogP) is 5.55. The van der Waals surface area contributed by atoms with Gasteiger partial charge in [-0.1, -0.05) is 13.8 Å². The fourth-order valence-electron chi connectivity index (χ4n) is 8.78. The van der Waals surface area contributed by atoms with E-state index >= 15 is 0 Å². The molecular formula is C25H42O3. The van der Waals surface area contributed by atoms with Gasteiger partial charge in [0.1, 0.15) is 0 Å². The number of ether oxygens (including phenoxy) is 2. The molecule has 9 atom stereocenters. The van der Waals surface area contributed by atoms with Crippen molar-refractivity contribution in [3.63, 3.8) is 0 Å². The number of aliphatic hydroxyl groups is 1. The van der Waals surface area contributed by atoms with E-state index in [1.165, 1.54) is 70.6 Å². The van der Waals surface area contributed by atoms with Gasteiger partial charge >= 0.3 is 0 Å². The minimum absolute atomic E-state index is 0.0729. The van der Waals surface area contributed by atoms with Crippen LogP contribution in [0, 0.1) is 40.4 Å². The highest BCUT2D eigenvalue weighted by Gasteiger charge is 2.60. The molecule has 5 rings (SSSR count). The van der Waals surface area contributed by atoms with Crippen LogP contribution < -0.4 is 0 Å². The van der Waals surface area contributed by atoms with Gasteiger partial charge in [0.05, 0.1) is 6.10 Å². The molecule has 1 saturated heterocycles. The smallest absolute Gasteiger partial charge is 0.157 e. The molecule has 0 spiro atoms. The lowest BCUT2D eigenvalue weighted by Gasteiger charge is -2.61. The molecule has 1 N–H and O–H groups in total. The molecule has 4 aliphatic carbocycles. The standard InChI is InChI=1S/C25H42O3/c1-24-12-10-19(28-23-5-3-4-14-27-23)15-17(24)6-8-20-21-9-7-18(16-26)25(21,2)13-11-22(20)24/h17-23,26H,3-16H2,1-2H3/t17-,18+,19-,20+,21-,22-,23+,24-,25+/m0/s1. The first kappa shape index (κ1) is 19.8. The molecule has 1 heterocycles. The molecule has 5 fully saturated rings. The van der Waals surface area contributed by atoms with Crippen molar-refractivity contribution < 1.29 is 14.6 Å². The Morgan fingerprint density at radius 3 is 2.50 bits per heavy atom. The molecule has 0 aromatic heterocycles. The first-order valence-electron chi connectivity index (χ1n) is 12.4. The van der Waals surface area contributed by atoms with E-state index in [4.69, 9.17) is 9.47 Å². The van der Waals surface area contributed by atoms with E-state index in [1.807, 2.05) is 0 Å². The van der Waals surface area contributed by atoms with Crippen LogP contribution in [-0.4, -0.2) is 30.7 Å². The molecular weight excluding hydrogens is 348 g/mol. The molecule has 0 amide bonds. The van der Waals surface area contributed by atoms with Gasteiger partial charge in [-0.3, -0.25) is 0 Å². The van der Waals surface area contributed by atoms with Crippen LogP contribution in [0.3, 0.4) is 0 Å². The lowest BCUT2D eigenvalue weighted by Crippen LogP contribution is -2.54. The Hall–Kier alpha value is -0.120. The molecule has 0 bridgehead atoms. The van der Waals surface area contributed by atoms with Gasteiger partial charge in [-0.2, -0.15) is 0 Å². The first-order chi connectivity index (χ1) is 13.5. The molecule has 5 aliphatic rings. The maximum atomic E-state index is 9.94. The van der Waals surface area contributed by atoms with Crippen LogP contribution in [0.5, 0.6) is 0 Å². The van der Waals surface area contributed by atoms with Crippen LogP contribution in [0.1, 0.15) is 90.9 Å². The monoisotopic (exact) mass is 390 g/mol. The summed E-state index contributed by atoms with van der Waals surface area (Å²) in [5, 5.41) is 9.94. The van der Waals surface area contributed by atoms with E-state index < -0.39 is 0 Å². The Labute approximate surface area is 171 Å². The Morgan fingerprint density at radius 1 is 0.893 bits per heavy atom. The summed E-state index contributed by atoms with van der Waals surface area (Å²) < 4.78 is 12.3. The number of rotatable bonds is 3. The van der Waals surface area contributed by atoms with Gasteiger partial charge in [0.25, 0.3) is 0 Å². The summed E-state index contributed by atoms with van der Waals surface area (Å²) >= 11 is 0. The SMILES string of the molecule is C[C@]12CC[C@H](O[C@@H]3CCCCO3)C[C@@H]1CC[C@H]1[C@@H]2CC[C@]2(C)[C@@H](CO)CC[C@@H]12. The van der Waals surface area contributed by atoms with Gasteiger partial charge in [-0.25, -0.2) is 0 Å². The van der Waals surface area contributed by atoms with Crippen molar-refractivity contribution in [3.05, 3.63) is 0 Å². The summed E-state index contributed by atoms with van der Waals surface area (Å²) in [5.74, 6) is 4.09. The molecule has 3 nitrogen and oxygen atoms in total. The number of hydrogen-bond acceptors (Lipinski definition) is 3. The van der Waals surface area contributed by atoms with E-state index in [2.05, 4.69) is 13.8 Å². The van der Waals surface area contributed by atoms with Gasteiger partial charge in [0, 0.05) is 13.2 Å². The van der Waals surface area contributed by atoms with Gasteiger partial charge in [0.2, 0.25) is 0 Å². The Bertz CT molecular complexity index is 558. The van der Waals surface area contributed by atoms with Gasteiger partial charge in [-0.05, 0) is 117 Å². The lowest BCUT2D eigenvalue weighted by atomic mass is 9.44. The average molecular weight is 391 g/mol. The van der Waals surface area contributed by atoms with Crippen molar-refractivity contribution in [3.8, 4) is 0 Å². The topological polar surface area (TPSA) is 38.7 Å². The Kier molecular flexibility index (Phi) is 5.33. The third-order valence-corrected chi connectivity index (χ3v) is 10.5. The van der Waals surface area contributed by atoms with Crippen molar-refractivity contribution in [2.24, 2.45) is 40.4 Å². The minimum atomic E-state index is 0.0729. The zero-order valence-electron chi connectivity index (χ0n) is 18.2. The highest BCUT2D eigenvalue weighted by atomic mass is 16.7. The summed E-state index contributed by atoms with van der Waals surface area (Å²) in [7, 11) is 0. The van der Waals surface area contributed by atoms with Crippen LogP contribution in [0.4, 0.5) is 0 Å². The molecule has 1 aliphatic heterocycles. The lowest BCUT2D eigenvalue weighted by molar-refractivity contribution is -0.212. The molecule has 0 aromatic rings. The van der Waals surface area contributed by atoms with Crippen LogP contribution >= 0.6 is 0 Å². The van der Waals surface area contributed by atoms with Crippen LogP contribution in [-0.2, 0) is 9.47 Å². The summed E-state index contributed by atoms with van der Waals surface area (Å²) in [6.07, 6.45) is 16.1. The second-order valence-corrected chi connectivity index (χ2v) is 11.5. The summed E-state index contributed by atoms with van der Waals surface area (Å²) in [6, 6.07) is 0. The molecule has 0 radical (unpaired) electrons. The second-order valence-electron chi connectivity index (χ2n) is 11.5. The largest absolute Gasteiger partial charge is 0.396 e. The molecule has 0 aromatic carbocycles. The summed E-state index contributed by atoms with van der Waals surface area (Å²) in [4.78, 5) is 0. The fraction of sp³-hybridized carbons (Fsp3) is 1.00. The Balaban J connectivity index is 1.27. The zero-order chi connectivity index (χ0) is 19.4. The predicted molar refractivity (Wildman–Crippen MR) is 111 cm³/mol. The molecule has 160 valence electrons. The van der Waals surface area contributed by atoms with Crippen molar-refractivity contribution in [2.45, 2.75) is 103 Å². The van der Waals surface area contributed by atoms with Gasteiger partial charge in [0.15, 0.2) is 6.29 Å². The second kappa shape index (κ2) is 7.54. The number of fused-ring (bicyclic) bond motifs is 5. The number of hydrogen-bond donors (Lipinski definition) is 1. The van der Waals surface area contributed by atoms with E-state index in [9.17, 15) is 5.11 Å². The summed E-state index contributed by atoms with van der Waals surface area (Å²) in [6.45, 7) is 6.46. The van der Waals surface area contributed by atoms with Crippen LogP contribution in [0.25, 0.3) is 0 Å². The van der Waals surface area contributed by atoms with Crippen molar-refractivity contribution in [1.29, 1.82) is 0 Å². The van der Waals surface area contributed by atoms with Crippen LogP contribution in [0.15, 0.2) is 0 Å². The normalized spacial score (nSPS) is 53.9.